The van der Waals surface area contributed by atoms with Crippen LogP contribution in [-0.4, -0.2) is 35.4 Å². The third-order valence-corrected chi connectivity index (χ3v) is 7.38. The van der Waals surface area contributed by atoms with Crippen molar-refractivity contribution < 1.29 is 14.3 Å². The Kier molecular flexibility index (Phi) is 11.2. The van der Waals surface area contributed by atoms with Crippen molar-refractivity contribution in [1.29, 1.82) is 0 Å². The van der Waals surface area contributed by atoms with E-state index < -0.39 is 6.04 Å². The van der Waals surface area contributed by atoms with E-state index in [1.807, 2.05) is 86.6 Å². The van der Waals surface area contributed by atoms with Crippen LogP contribution in [0.15, 0.2) is 81.7 Å². The van der Waals surface area contributed by atoms with Crippen LogP contribution in [0.1, 0.15) is 43.9 Å². The average molecular weight is 630 g/mol. The largest absolute Gasteiger partial charge is 0.483 e. The molecule has 0 radical (unpaired) electrons. The second kappa shape index (κ2) is 14.3. The molecule has 0 unspecified atom stereocenters. The summed E-state index contributed by atoms with van der Waals surface area (Å²) in [6.07, 6.45) is 2.11. The van der Waals surface area contributed by atoms with Crippen LogP contribution in [0.3, 0.4) is 0 Å². The van der Waals surface area contributed by atoms with Gasteiger partial charge in [0.15, 0.2) is 6.61 Å². The minimum Gasteiger partial charge on any atom is -0.483 e. The summed E-state index contributed by atoms with van der Waals surface area (Å²) in [5.74, 6) is 0.165. The van der Waals surface area contributed by atoms with Crippen molar-refractivity contribution in [2.75, 3.05) is 6.61 Å². The van der Waals surface area contributed by atoms with Crippen LogP contribution in [0, 0.1) is 0 Å². The van der Waals surface area contributed by atoms with Gasteiger partial charge in [0.2, 0.25) is 5.91 Å². The number of ether oxygens (including phenoxy) is 1. The molecule has 37 heavy (non-hydrogen) atoms. The van der Waals surface area contributed by atoms with Gasteiger partial charge in [-0.2, -0.15) is 0 Å². The lowest BCUT2D eigenvalue weighted by molar-refractivity contribution is -0.143. The molecular formula is C30H34Br2N2O3. The number of halogens is 2. The van der Waals surface area contributed by atoms with Crippen LogP contribution in [-0.2, 0) is 29.0 Å². The summed E-state index contributed by atoms with van der Waals surface area (Å²) in [7, 11) is 0. The first-order chi connectivity index (χ1) is 17.8. The minimum absolute atomic E-state index is 0.00196. The molecule has 0 bridgehead atoms. The number of benzene rings is 3. The maximum Gasteiger partial charge on any atom is 0.261 e. The van der Waals surface area contributed by atoms with Crippen molar-refractivity contribution in [2.24, 2.45) is 0 Å². The van der Waals surface area contributed by atoms with Crippen LogP contribution in [0.5, 0.6) is 5.75 Å². The topological polar surface area (TPSA) is 58.6 Å². The van der Waals surface area contributed by atoms with Gasteiger partial charge in [0.1, 0.15) is 11.8 Å². The standard InChI is InChI=1S/C30H34Br2N2O3/c1-4-21(3)33-30(36)27(18-23-10-7-6-8-11-23)34(19-24-12-9-13-25(31)16-24)29(35)20-37-28-15-14-22(5-2)17-26(28)32/h6-17,21,27H,4-5,18-20H2,1-3H3,(H,33,36)/t21-,27+/m1/s1. The Morgan fingerprint density at radius 1 is 0.919 bits per heavy atom. The molecule has 0 aliphatic heterocycles. The summed E-state index contributed by atoms with van der Waals surface area (Å²) in [4.78, 5) is 28.9. The van der Waals surface area contributed by atoms with Crippen molar-refractivity contribution in [1.82, 2.24) is 10.2 Å². The first kappa shape index (κ1) is 28.9. The van der Waals surface area contributed by atoms with E-state index in [-0.39, 0.29) is 31.0 Å². The van der Waals surface area contributed by atoms with Gasteiger partial charge in [0, 0.05) is 23.5 Å². The van der Waals surface area contributed by atoms with Gasteiger partial charge < -0.3 is 15.0 Å². The maximum atomic E-state index is 13.7. The van der Waals surface area contributed by atoms with Gasteiger partial charge in [0.25, 0.3) is 5.91 Å². The first-order valence-electron chi connectivity index (χ1n) is 12.6. The molecule has 196 valence electrons. The Morgan fingerprint density at radius 3 is 2.30 bits per heavy atom. The number of hydrogen-bond acceptors (Lipinski definition) is 3. The van der Waals surface area contributed by atoms with E-state index in [1.165, 1.54) is 5.56 Å². The molecule has 0 aliphatic rings. The van der Waals surface area contributed by atoms with E-state index >= 15 is 0 Å². The smallest absolute Gasteiger partial charge is 0.261 e. The first-order valence-corrected chi connectivity index (χ1v) is 14.2. The fourth-order valence-electron chi connectivity index (χ4n) is 3.93. The van der Waals surface area contributed by atoms with Crippen molar-refractivity contribution in [2.45, 2.75) is 58.7 Å². The third-order valence-electron chi connectivity index (χ3n) is 6.27. The number of carbonyl (C=O) groups is 2. The van der Waals surface area contributed by atoms with Crippen LogP contribution in [0.25, 0.3) is 0 Å². The molecule has 0 aromatic heterocycles. The summed E-state index contributed by atoms with van der Waals surface area (Å²) < 4.78 is 7.66. The van der Waals surface area contributed by atoms with Gasteiger partial charge in [0.05, 0.1) is 4.47 Å². The number of carbonyl (C=O) groups excluding carboxylic acids is 2. The number of nitrogens with zero attached hydrogens (tertiary/aromatic N) is 1. The number of amides is 2. The summed E-state index contributed by atoms with van der Waals surface area (Å²) in [6.45, 7) is 6.18. The second-order valence-electron chi connectivity index (χ2n) is 9.08. The monoisotopic (exact) mass is 628 g/mol. The van der Waals surface area contributed by atoms with Gasteiger partial charge in [-0.3, -0.25) is 9.59 Å². The molecule has 0 heterocycles. The third kappa shape index (κ3) is 8.71. The van der Waals surface area contributed by atoms with E-state index in [4.69, 9.17) is 4.74 Å². The normalized spacial score (nSPS) is 12.5. The number of rotatable bonds is 12. The van der Waals surface area contributed by atoms with Gasteiger partial charge in [-0.15, -0.1) is 0 Å². The SMILES string of the molecule is CCc1ccc(OCC(=O)N(Cc2cccc(Br)c2)[C@@H](Cc2ccccc2)C(=O)N[C@H](C)CC)c(Br)c1. The number of hydrogen-bond donors (Lipinski definition) is 1. The van der Waals surface area contributed by atoms with Crippen molar-refractivity contribution in [3.05, 3.63) is 98.4 Å². The molecule has 0 spiro atoms. The molecule has 0 fully saturated rings. The van der Waals surface area contributed by atoms with Gasteiger partial charge in [-0.25, -0.2) is 0 Å². The number of aryl methyl sites for hydroxylation is 1. The van der Waals surface area contributed by atoms with Gasteiger partial charge >= 0.3 is 0 Å². The van der Waals surface area contributed by atoms with Gasteiger partial charge in [-0.05, 0) is 76.7 Å². The quantitative estimate of drug-likeness (QED) is 0.242. The minimum atomic E-state index is -0.697. The lowest BCUT2D eigenvalue weighted by Crippen LogP contribution is -2.53. The fraction of sp³-hybridized carbons (Fsp3) is 0.333. The molecule has 0 saturated heterocycles. The zero-order valence-electron chi connectivity index (χ0n) is 21.5. The Morgan fingerprint density at radius 2 is 1.65 bits per heavy atom. The Balaban J connectivity index is 1.92. The fourth-order valence-corrected chi connectivity index (χ4v) is 4.92. The molecule has 3 aromatic carbocycles. The van der Waals surface area contributed by atoms with Crippen LogP contribution in [0.4, 0.5) is 0 Å². The van der Waals surface area contributed by atoms with E-state index in [0.29, 0.717) is 12.2 Å². The van der Waals surface area contributed by atoms with Crippen LogP contribution in [0.2, 0.25) is 0 Å². The molecule has 2 atom stereocenters. The molecule has 1 N–H and O–H groups in total. The highest BCUT2D eigenvalue weighted by Gasteiger charge is 2.31. The summed E-state index contributed by atoms with van der Waals surface area (Å²) in [6, 6.07) is 22.7. The van der Waals surface area contributed by atoms with E-state index in [9.17, 15) is 9.59 Å². The average Bonchev–Trinajstić information content (AvgIpc) is 2.90. The highest BCUT2D eigenvalue weighted by molar-refractivity contribution is 9.10. The van der Waals surface area contributed by atoms with Gasteiger partial charge in [-0.1, -0.05) is 78.3 Å². The predicted molar refractivity (Wildman–Crippen MR) is 156 cm³/mol. The Labute approximate surface area is 236 Å². The molecule has 5 nitrogen and oxygen atoms in total. The van der Waals surface area contributed by atoms with Crippen molar-refractivity contribution in [3.8, 4) is 5.75 Å². The molecule has 7 heteroatoms. The molecule has 3 rings (SSSR count). The predicted octanol–water partition coefficient (Wildman–Crippen LogP) is 6.71. The lowest BCUT2D eigenvalue weighted by atomic mass is 10.0. The molecule has 3 aromatic rings. The lowest BCUT2D eigenvalue weighted by Gasteiger charge is -2.32. The Hall–Kier alpha value is -2.64. The van der Waals surface area contributed by atoms with E-state index in [1.54, 1.807) is 4.90 Å². The number of nitrogens with one attached hydrogen (secondary N) is 1. The summed E-state index contributed by atoms with van der Waals surface area (Å²) >= 11 is 7.07. The molecular weight excluding hydrogens is 596 g/mol. The van der Waals surface area contributed by atoms with Crippen molar-refractivity contribution in [3.63, 3.8) is 0 Å². The van der Waals surface area contributed by atoms with E-state index in [0.717, 1.165) is 32.9 Å². The highest BCUT2D eigenvalue weighted by Crippen LogP contribution is 2.26. The highest BCUT2D eigenvalue weighted by atomic mass is 79.9. The van der Waals surface area contributed by atoms with Crippen LogP contribution >= 0.6 is 31.9 Å². The Bertz CT molecular complexity index is 1190. The van der Waals surface area contributed by atoms with E-state index in [2.05, 4.69) is 44.1 Å². The zero-order chi connectivity index (χ0) is 26.8. The maximum absolute atomic E-state index is 13.7. The molecule has 0 aliphatic carbocycles. The zero-order valence-corrected chi connectivity index (χ0v) is 24.7. The second-order valence-corrected chi connectivity index (χ2v) is 10.9. The van der Waals surface area contributed by atoms with Crippen LogP contribution < -0.4 is 10.1 Å². The molecule has 2 amide bonds. The summed E-state index contributed by atoms with van der Waals surface area (Å²) in [5, 5.41) is 3.09. The molecule has 0 saturated carbocycles. The van der Waals surface area contributed by atoms with Crippen molar-refractivity contribution >= 4 is 43.7 Å². The summed E-state index contributed by atoms with van der Waals surface area (Å²) in [5.41, 5.74) is 3.08.